The van der Waals surface area contributed by atoms with E-state index in [9.17, 15) is 14.4 Å². The van der Waals surface area contributed by atoms with Crippen LogP contribution in [-0.2, 0) is 22.6 Å². The van der Waals surface area contributed by atoms with Crippen molar-refractivity contribution >= 4 is 28.2 Å². The van der Waals surface area contributed by atoms with Gasteiger partial charge in [-0.3, -0.25) is 9.59 Å². The van der Waals surface area contributed by atoms with Gasteiger partial charge in [0.05, 0.1) is 12.0 Å². The van der Waals surface area contributed by atoms with E-state index in [1.54, 1.807) is 6.07 Å². The van der Waals surface area contributed by atoms with Crippen molar-refractivity contribution in [3.05, 3.63) is 51.3 Å². The van der Waals surface area contributed by atoms with Gasteiger partial charge in [-0.15, -0.1) is 0 Å². The molecular formula is C16H16N4O5S. The number of ether oxygens (including phenoxy) is 1. The summed E-state index contributed by atoms with van der Waals surface area (Å²) in [6, 6.07) is 3.44. The van der Waals surface area contributed by atoms with Crippen LogP contribution in [0.4, 0.5) is 0 Å². The lowest BCUT2D eigenvalue weighted by molar-refractivity contribution is -0.146. The van der Waals surface area contributed by atoms with Crippen LogP contribution in [-0.4, -0.2) is 32.5 Å². The van der Waals surface area contributed by atoms with Crippen LogP contribution in [0.5, 0.6) is 0 Å². The molecule has 1 amide bonds. The molecule has 3 heterocycles. The van der Waals surface area contributed by atoms with Crippen molar-refractivity contribution < 1.29 is 18.7 Å². The van der Waals surface area contributed by atoms with Crippen molar-refractivity contribution in [2.45, 2.75) is 32.9 Å². The summed E-state index contributed by atoms with van der Waals surface area (Å²) >= 11 is 1.31. The highest BCUT2D eigenvalue weighted by atomic mass is 32.1. The average Bonchev–Trinajstić information content (AvgIpc) is 3.29. The third kappa shape index (κ3) is 3.80. The lowest BCUT2D eigenvalue weighted by atomic mass is 10.3. The summed E-state index contributed by atoms with van der Waals surface area (Å²) in [5, 5.41) is 7.41. The Morgan fingerprint density at radius 1 is 1.46 bits per heavy atom. The summed E-state index contributed by atoms with van der Waals surface area (Å²) in [7, 11) is 0. The third-order valence-electron chi connectivity index (χ3n) is 3.45. The largest absolute Gasteiger partial charge is 0.459 e. The van der Waals surface area contributed by atoms with Gasteiger partial charge in [-0.1, -0.05) is 18.3 Å². The first-order chi connectivity index (χ1) is 12.5. The van der Waals surface area contributed by atoms with Gasteiger partial charge < -0.3 is 14.5 Å². The predicted molar refractivity (Wildman–Crippen MR) is 91.9 cm³/mol. The van der Waals surface area contributed by atoms with Crippen LogP contribution < -0.4 is 10.9 Å². The van der Waals surface area contributed by atoms with E-state index < -0.39 is 17.9 Å². The molecule has 9 nitrogen and oxygen atoms in total. The number of nitrogens with one attached hydrogen (secondary N) is 1. The molecule has 136 valence electrons. The maximum Gasteiger partial charge on any atom is 0.328 e. The number of rotatable bonds is 6. The molecule has 10 heteroatoms. The van der Waals surface area contributed by atoms with E-state index in [1.807, 2.05) is 6.92 Å². The van der Waals surface area contributed by atoms with Crippen molar-refractivity contribution in [3.8, 4) is 0 Å². The van der Waals surface area contributed by atoms with Gasteiger partial charge in [0.15, 0.2) is 5.76 Å². The SMILES string of the molecule is CCc1nn2c(=O)cc(COC(=O)C(C)NC(=O)c3ccco3)nc2s1. The van der Waals surface area contributed by atoms with Crippen molar-refractivity contribution in [2.24, 2.45) is 0 Å². The van der Waals surface area contributed by atoms with Crippen LogP contribution in [0.15, 0.2) is 33.7 Å². The summed E-state index contributed by atoms with van der Waals surface area (Å²) in [6.07, 6.45) is 2.06. The number of carbonyl (C=O) groups is 2. The summed E-state index contributed by atoms with van der Waals surface area (Å²) in [6.45, 7) is 3.25. The molecule has 0 aromatic carbocycles. The fourth-order valence-corrected chi connectivity index (χ4v) is 2.97. The van der Waals surface area contributed by atoms with E-state index in [0.717, 1.165) is 5.01 Å². The highest BCUT2D eigenvalue weighted by Crippen LogP contribution is 2.12. The van der Waals surface area contributed by atoms with Crippen molar-refractivity contribution in [1.82, 2.24) is 19.9 Å². The van der Waals surface area contributed by atoms with Gasteiger partial charge in [-0.05, 0) is 25.5 Å². The van der Waals surface area contributed by atoms with Crippen LogP contribution in [0, 0.1) is 0 Å². The number of esters is 1. The second kappa shape index (κ2) is 7.48. The Kier molecular flexibility index (Phi) is 5.12. The Hall–Kier alpha value is -3.01. The zero-order chi connectivity index (χ0) is 18.7. The van der Waals surface area contributed by atoms with Crippen LogP contribution in [0.25, 0.3) is 4.96 Å². The standard InChI is InChI=1S/C16H16N4O5S/c1-3-12-19-20-13(21)7-10(18-16(20)26-12)8-25-15(23)9(2)17-14(22)11-5-4-6-24-11/h4-7,9H,3,8H2,1-2H3,(H,17,22). The zero-order valence-corrected chi connectivity index (χ0v) is 14.9. The van der Waals surface area contributed by atoms with E-state index in [4.69, 9.17) is 9.15 Å². The molecule has 1 unspecified atom stereocenters. The molecule has 0 fully saturated rings. The maximum atomic E-state index is 12.0. The van der Waals surface area contributed by atoms with Gasteiger partial charge in [-0.2, -0.15) is 9.61 Å². The summed E-state index contributed by atoms with van der Waals surface area (Å²) in [5.41, 5.74) is -0.0182. The minimum atomic E-state index is -0.882. The third-order valence-corrected chi connectivity index (χ3v) is 4.50. The number of carbonyl (C=O) groups excluding carboxylic acids is 2. The van der Waals surface area contributed by atoms with Crippen LogP contribution in [0.1, 0.15) is 35.1 Å². The number of fused-ring (bicyclic) bond motifs is 1. The Morgan fingerprint density at radius 3 is 2.96 bits per heavy atom. The highest BCUT2D eigenvalue weighted by molar-refractivity contribution is 7.16. The number of furan rings is 1. The molecule has 1 atom stereocenters. The first kappa shape index (κ1) is 17.8. The van der Waals surface area contributed by atoms with E-state index >= 15 is 0 Å². The van der Waals surface area contributed by atoms with E-state index in [2.05, 4.69) is 15.4 Å². The smallest absolute Gasteiger partial charge is 0.328 e. The Morgan fingerprint density at radius 2 is 2.27 bits per heavy atom. The van der Waals surface area contributed by atoms with Gasteiger partial charge in [0, 0.05) is 6.07 Å². The van der Waals surface area contributed by atoms with Gasteiger partial charge in [0.2, 0.25) is 4.96 Å². The Labute approximate surface area is 151 Å². The molecule has 0 aliphatic rings. The van der Waals surface area contributed by atoms with Crippen LogP contribution in [0.3, 0.4) is 0 Å². The highest BCUT2D eigenvalue weighted by Gasteiger charge is 2.20. The fraction of sp³-hybridized carbons (Fsp3) is 0.312. The van der Waals surface area contributed by atoms with Crippen molar-refractivity contribution in [1.29, 1.82) is 0 Å². The maximum absolute atomic E-state index is 12.0. The average molecular weight is 376 g/mol. The van der Waals surface area contributed by atoms with Crippen molar-refractivity contribution in [3.63, 3.8) is 0 Å². The molecule has 3 rings (SSSR count). The molecular weight excluding hydrogens is 360 g/mol. The molecule has 0 bridgehead atoms. The quantitative estimate of drug-likeness (QED) is 0.642. The zero-order valence-electron chi connectivity index (χ0n) is 14.1. The van der Waals surface area contributed by atoms with Crippen LogP contribution in [0.2, 0.25) is 0 Å². The normalized spacial score (nSPS) is 12.1. The van der Waals surface area contributed by atoms with Gasteiger partial charge >= 0.3 is 5.97 Å². The Balaban J connectivity index is 1.62. The van der Waals surface area contributed by atoms with E-state index in [0.29, 0.717) is 17.1 Å². The summed E-state index contributed by atoms with van der Waals surface area (Å²) < 4.78 is 11.3. The molecule has 1 N–H and O–H groups in total. The second-order valence-corrected chi connectivity index (χ2v) is 6.45. The van der Waals surface area contributed by atoms with E-state index in [-0.39, 0.29) is 17.9 Å². The summed E-state index contributed by atoms with van der Waals surface area (Å²) in [4.78, 5) is 40.6. The minimum Gasteiger partial charge on any atom is -0.459 e. The first-order valence-corrected chi connectivity index (χ1v) is 8.69. The van der Waals surface area contributed by atoms with Gasteiger partial charge in [0.1, 0.15) is 17.7 Å². The number of aromatic nitrogens is 3. The number of hydrogen-bond donors (Lipinski definition) is 1. The number of amides is 1. The molecule has 26 heavy (non-hydrogen) atoms. The topological polar surface area (TPSA) is 116 Å². The van der Waals surface area contributed by atoms with Gasteiger partial charge in [-0.25, -0.2) is 9.78 Å². The number of hydrogen-bond acceptors (Lipinski definition) is 8. The van der Waals surface area contributed by atoms with E-state index in [1.165, 1.54) is 41.2 Å². The van der Waals surface area contributed by atoms with Gasteiger partial charge in [0.25, 0.3) is 11.5 Å². The monoisotopic (exact) mass is 376 g/mol. The Bertz CT molecular complexity index is 992. The minimum absolute atomic E-state index is 0.0988. The molecule has 3 aromatic rings. The lowest BCUT2D eigenvalue weighted by Crippen LogP contribution is -2.39. The molecule has 0 aliphatic heterocycles. The molecule has 0 aliphatic carbocycles. The summed E-state index contributed by atoms with van der Waals surface area (Å²) in [5.74, 6) is -1.07. The number of nitrogens with zero attached hydrogens (tertiary/aromatic N) is 3. The molecule has 0 spiro atoms. The van der Waals surface area contributed by atoms with Crippen LogP contribution >= 0.6 is 11.3 Å². The molecule has 0 saturated heterocycles. The lowest BCUT2D eigenvalue weighted by Gasteiger charge is -2.12. The molecule has 0 saturated carbocycles. The second-order valence-electron chi connectivity index (χ2n) is 5.41. The molecule has 3 aromatic heterocycles. The fourth-order valence-electron chi connectivity index (χ4n) is 2.12. The number of aryl methyl sites for hydroxylation is 1. The van der Waals surface area contributed by atoms with Crippen molar-refractivity contribution in [2.75, 3.05) is 0 Å². The molecule has 0 radical (unpaired) electrons. The predicted octanol–water partition coefficient (Wildman–Crippen LogP) is 1.17. The first-order valence-electron chi connectivity index (χ1n) is 7.87.